The Bertz CT molecular complexity index is 268. The normalized spacial score (nSPS) is 30.4. The van der Waals surface area contributed by atoms with Gasteiger partial charge in [-0.2, -0.15) is 0 Å². The van der Waals surface area contributed by atoms with E-state index in [0.29, 0.717) is 4.91 Å². The first-order valence-electron chi connectivity index (χ1n) is 4.19. The van der Waals surface area contributed by atoms with Crippen molar-refractivity contribution in [3.8, 4) is 0 Å². The molecule has 0 bridgehead atoms. The third-order valence-electron chi connectivity index (χ3n) is 1.84. The van der Waals surface area contributed by atoms with Crippen LogP contribution in [0, 0.1) is 0 Å². The van der Waals surface area contributed by atoms with E-state index in [1.54, 1.807) is 12.2 Å². The lowest BCUT2D eigenvalue weighted by Gasteiger charge is -2.21. The summed E-state index contributed by atoms with van der Waals surface area (Å²) in [5, 5.41) is 18.7. The van der Waals surface area contributed by atoms with Crippen LogP contribution in [-0.2, 0) is 10.8 Å². The van der Waals surface area contributed by atoms with Gasteiger partial charge >= 0.3 is 0 Å². The maximum absolute atomic E-state index is 11.6. The van der Waals surface area contributed by atoms with Crippen molar-refractivity contribution in [1.29, 1.82) is 0 Å². The van der Waals surface area contributed by atoms with Crippen LogP contribution in [0.2, 0.25) is 0 Å². The van der Waals surface area contributed by atoms with Crippen molar-refractivity contribution >= 4 is 10.8 Å². The van der Waals surface area contributed by atoms with Crippen LogP contribution in [0.3, 0.4) is 0 Å². The van der Waals surface area contributed by atoms with Crippen molar-refractivity contribution in [2.75, 3.05) is 0 Å². The molecule has 0 saturated carbocycles. The highest BCUT2D eigenvalue weighted by Crippen LogP contribution is 2.19. The molecule has 0 aromatic rings. The molecule has 0 fully saturated rings. The van der Waals surface area contributed by atoms with E-state index in [1.807, 2.05) is 13.8 Å². The Morgan fingerprint density at radius 3 is 2.62 bits per heavy atom. The van der Waals surface area contributed by atoms with Gasteiger partial charge in [0.05, 0.1) is 10.8 Å². The van der Waals surface area contributed by atoms with Crippen LogP contribution in [0.5, 0.6) is 0 Å². The van der Waals surface area contributed by atoms with E-state index in [1.165, 1.54) is 6.08 Å². The molecule has 0 aliphatic heterocycles. The summed E-state index contributed by atoms with van der Waals surface area (Å²) in [7, 11) is -1.21. The van der Waals surface area contributed by atoms with E-state index in [0.717, 1.165) is 0 Å². The molecule has 1 aliphatic carbocycles. The summed E-state index contributed by atoms with van der Waals surface area (Å²) in [6, 6.07) is 0. The third-order valence-corrected chi connectivity index (χ3v) is 3.54. The molecule has 2 N–H and O–H groups in total. The molecule has 0 saturated heterocycles. The van der Waals surface area contributed by atoms with Gasteiger partial charge < -0.3 is 10.2 Å². The molecule has 0 unspecified atom stereocenters. The Morgan fingerprint density at radius 2 is 2.08 bits per heavy atom. The van der Waals surface area contributed by atoms with Crippen molar-refractivity contribution in [2.24, 2.45) is 0 Å². The molecular formula is C9H14O3S. The highest BCUT2D eigenvalue weighted by molar-refractivity contribution is 7.89. The molecule has 0 heterocycles. The summed E-state index contributed by atoms with van der Waals surface area (Å²) in [4.78, 5) is 0.407. The molecule has 0 aromatic carbocycles. The second kappa shape index (κ2) is 4.17. The minimum absolute atomic E-state index is 0.0420. The molecule has 74 valence electrons. The topological polar surface area (TPSA) is 57.5 Å². The Balaban J connectivity index is 2.85. The maximum atomic E-state index is 11.6. The fraction of sp³-hybridized carbons (Fsp3) is 0.556. The molecule has 3 nitrogen and oxygen atoms in total. The molecule has 4 heteroatoms. The molecule has 0 amide bonds. The second-order valence-corrected chi connectivity index (χ2v) is 5.24. The highest BCUT2D eigenvalue weighted by Gasteiger charge is 2.26. The van der Waals surface area contributed by atoms with Gasteiger partial charge in [-0.05, 0) is 6.08 Å². The number of rotatable bonds is 2. The Kier molecular flexibility index (Phi) is 3.41. The van der Waals surface area contributed by atoms with Crippen molar-refractivity contribution in [3.05, 3.63) is 23.1 Å². The van der Waals surface area contributed by atoms with Crippen LogP contribution in [-0.4, -0.2) is 31.9 Å². The van der Waals surface area contributed by atoms with Gasteiger partial charge in [0.1, 0.15) is 12.2 Å². The Hall–Kier alpha value is -0.450. The maximum Gasteiger partial charge on any atom is 0.117 e. The molecular weight excluding hydrogens is 188 g/mol. The quantitative estimate of drug-likeness (QED) is 0.678. The fourth-order valence-corrected chi connectivity index (χ4v) is 2.23. The molecule has 0 spiro atoms. The van der Waals surface area contributed by atoms with Gasteiger partial charge in [0, 0.05) is 10.2 Å². The van der Waals surface area contributed by atoms with Crippen molar-refractivity contribution in [2.45, 2.75) is 31.3 Å². The number of aliphatic hydroxyl groups is 2. The lowest BCUT2D eigenvalue weighted by atomic mass is 10.1. The van der Waals surface area contributed by atoms with Crippen LogP contribution < -0.4 is 0 Å². The number of hydrogen-bond donors (Lipinski definition) is 2. The summed E-state index contributed by atoms with van der Waals surface area (Å²) >= 11 is 0. The van der Waals surface area contributed by atoms with Crippen LogP contribution in [0.4, 0.5) is 0 Å². The zero-order valence-electron chi connectivity index (χ0n) is 7.68. The van der Waals surface area contributed by atoms with Gasteiger partial charge in [-0.15, -0.1) is 0 Å². The minimum atomic E-state index is -1.21. The van der Waals surface area contributed by atoms with Crippen LogP contribution in [0.25, 0.3) is 0 Å². The number of hydrogen-bond acceptors (Lipinski definition) is 3. The smallest absolute Gasteiger partial charge is 0.117 e. The average Bonchev–Trinajstić information content (AvgIpc) is 2.08. The fourth-order valence-electron chi connectivity index (χ4n) is 1.09. The second-order valence-electron chi connectivity index (χ2n) is 3.24. The van der Waals surface area contributed by atoms with Gasteiger partial charge in [-0.3, -0.25) is 4.21 Å². The molecule has 3 atom stereocenters. The van der Waals surface area contributed by atoms with Crippen LogP contribution in [0.15, 0.2) is 23.1 Å². The molecule has 1 aliphatic rings. The van der Waals surface area contributed by atoms with Crippen molar-refractivity contribution < 1.29 is 14.4 Å². The Labute approximate surface area is 80.2 Å². The zero-order chi connectivity index (χ0) is 10.0. The van der Waals surface area contributed by atoms with E-state index in [4.69, 9.17) is 0 Å². The van der Waals surface area contributed by atoms with Crippen LogP contribution in [0.1, 0.15) is 13.8 Å². The standard InChI is InChI=1S/C9H14O3S/c1-6(2)13(12)8-5-3-4-7(10)9(8)11/h3-7,9-11H,1-2H3/t7-,9-,13+/m0/s1. The van der Waals surface area contributed by atoms with E-state index in [-0.39, 0.29) is 5.25 Å². The zero-order valence-corrected chi connectivity index (χ0v) is 8.49. The first-order chi connectivity index (χ1) is 6.04. The monoisotopic (exact) mass is 202 g/mol. The lowest BCUT2D eigenvalue weighted by Crippen LogP contribution is -2.31. The summed E-state index contributed by atoms with van der Waals surface area (Å²) in [6.07, 6.45) is 2.75. The molecule has 0 radical (unpaired) electrons. The van der Waals surface area contributed by atoms with Crippen molar-refractivity contribution in [3.63, 3.8) is 0 Å². The minimum Gasteiger partial charge on any atom is -0.386 e. The SMILES string of the molecule is CC(C)[S@@](=O)C1=CC=C[C@H](O)[C@@H]1O. The van der Waals surface area contributed by atoms with E-state index in [9.17, 15) is 14.4 Å². The first-order valence-corrected chi connectivity index (χ1v) is 5.40. The van der Waals surface area contributed by atoms with Crippen molar-refractivity contribution in [1.82, 2.24) is 0 Å². The molecule has 13 heavy (non-hydrogen) atoms. The van der Waals surface area contributed by atoms with Crippen LogP contribution >= 0.6 is 0 Å². The summed E-state index contributed by atoms with van der Waals surface area (Å²) in [5.74, 6) is 0. The van der Waals surface area contributed by atoms with E-state index >= 15 is 0 Å². The average molecular weight is 202 g/mol. The van der Waals surface area contributed by atoms with Gasteiger partial charge in [0.15, 0.2) is 0 Å². The predicted molar refractivity (Wildman–Crippen MR) is 52.5 cm³/mol. The molecule has 1 rings (SSSR count). The largest absolute Gasteiger partial charge is 0.386 e. The predicted octanol–water partition coefficient (Wildman–Crippen LogP) is 0.319. The van der Waals surface area contributed by atoms with E-state index < -0.39 is 23.0 Å². The summed E-state index contributed by atoms with van der Waals surface area (Å²) < 4.78 is 11.6. The summed E-state index contributed by atoms with van der Waals surface area (Å²) in [6.45, 7) is 3.63. The van der Waals surface area contributed by atoms with Gasteiger partial charge in [0.25, 0.3) is 0 Å². The van der Waals surface area contributed by atoms with Gasteiger partial charge in [0.2, 0.25) is 0 Å². The lowest BCUT2D eigenvalue weighted by molar-refractivity contribution is 0.0765. The van der Waals surface area contributed by atoms with E-state index in [2.05, 4.69) is 0 Å². The highest BCUT2D eigenvalue weighted by atomic mass is 32.2. The molecule has 0 aromatic heterocycles. The number of allylic oxidation sites excluding steroid dienone is 2. The summed E-state index contributed by atoms with van der Waals surface area (Å²) in [5.41, 5.74) is 0. The van der Waals surface area contributed by atoms with Gasteiger partial charge in [-0.25, -0.2) is 0 Å². The first kappa shape index (κ1) is 10.6. The third kappa shape index (κ3) is 2.27. The number of aliphatic hydroxyl groups excluding tert-OH is 2. The Morgan fingerprint density at radius 1 is 1.46 bits per heavy atom. The van der Waals surface area contributed by atoms with Gasteiger partial charge in [-0.1, -0.05) is 26.0 Å².